The van der Waals surface area contributed by atoms with Crippen LogP contribution in [0.5, 0.6) is 11.5 Å². The Balaban J connectivity index is 2.60. The van der Waals surface area contributed by atoms with Crippen LogP contribution < -0.4 is 10.1 Å². The van der Waals surface area contributed by atoms with Crippen molar-refractivity contribution in [2.24, 2.45) is 0 Å². The van der Waals surface area contributed by atoms with E-state index >= 15 is 0 Å². The van der Waals surface area contributed by atoms with Crippen molar-refractivity contribution in [1.29, 1.82) is 0 Å². The minimum Gasteiger partial charge on any atom is -0.504 e. The highest BCUT2D eigenvalue weighted by atomic mass is 16.5. The fourth-order valence-electron chi connectivity index (χ4n) is 1.60. The standard InChI is InChI=1S/C14H19NO2/c1-4-6-12(5-2)15-10-11-7-8-13(16)14(9-11)17-3/h1,7-9,12,15-16H,5-6,10H2,2-3H3. The molecule has 0 radical (unpaired) electrons. The van der Waals surface area contributed by atoms with E-state index in [1.807, 2.05) is 12.1 Å². The van der Waals surface area contributed by atoms with Gasteiger partial charge < -0.3 is 15.2 Å². The van der Waals surface area contributed by atoms with Gasteiger partial charge in [-0.1, -0.05) is 13.0 Å². The number of benzene rings is 1. The van der Waals surface area contributed by atoms with Gasteiger partial charge in [-0.05, 0) is 24.1 Å². The lowest BCUT2D eigenvalue weighted by Crippen LogP contribution is -2.27. The third-order valence-electron chi connectivity index (χ3n) is 2.70. The summed E-state index contributed by atoms with van der Waals surface area (Å²) in [5.74, 6) is 3.31. The molecule has 0 heterocycles. The van der Waals surface area contributed by atoms with Crippen LogP contribution in [-0.4, -0.2) is 18.3 Å². The number of nitrogens with one attached hydrogen (secondary N) is 1. The van der Waals surface area contributed by atoms with E-state index in [4.69, 9.17) is 11.2 Å². The van der Waals surface area contributed by atoms with Crippen molar-refractivity contribution in [3.05, 3.63) is 23.8 Å². The molecular weight excluding hydrogens is 214 g/mol. The zero-order chi connectivity index (χ0) is 12.7. The number of aromatic hydroxyl groups is 1. The summed E-state index contributed by atoms with van der Waals surface area (Å²) in [4.78, 5) is 0. The van der Waals surface area contributed by atoms with E-state index in [0.29, 0.717) is 11.8 Å². The summed E-state index contributed by atoms with van der Waals surface area (Å²) in [5, 5.41) is 12.8. The van der Waals surface area contributed by atoms with Crippen LogP contribution in [0.3, 0.4) is 0 Å². The molecule has 0 aliphatic heterocycles. The zero-order valence-corrected chi connectivity index (χ0v) is 10.4. The fraction of sp³-hybridized carbons (Fsp3) is 0.429. The first-order chi connectivity index (χ1) is 8.21. The second kappa shape index (κ2) is 6.82. The van der Waals surface area contributed by atoms with Gasteiger partial charge >= 0.3 is 0 Å². The molecule has 3 nitrogen and oxygen atoms in total. The monoisotopic (exact) mass is 233 g/mol. The van der Waals surface area contributed by atoms with Crippen LogP contribution in [-0.2, 0) is 6.54 Å². The third kappa shape index (κ3) is 4.01. The predicted octanol–water partition coefficient (Wildman–Crippen LogP) is 2.29. The van der Waals surface area contributed by atoms with Gasteiger partial charge in [-0.25, -0.2) is 0 Å². The maximum absolute atomic E-state index is 9.47. The second-order valence-electron chi connectivity index (χ2n) is 3.90. The number of phenols is 1. The van der Waals surface area contributed by atoms with Crippen molar-refractivity contribution >= 4 is 0 Å². The summed E-state index contributed by atoms with van der Waals surface area (Å²) < 4.78 is 5.06. The smallest absolute Gasteiger partial charge is 0.160 e. The molecule has 92 valence electrons. The maximum atomic E-state index is 9.47. The van der Waals surface area contributed by atoms with Crippen LogP contribution in [0.1, 0.15) is 25.3 Å². The molecule has 0 amide bonds. The molecule has 0 fully saturated rings. The lowest BCUT2D eigenvalue weighted by molar-refractivity contribution is 0.372. The summed E-state index contributed by atoms with van der Waals surface area (Å²) in [6.07, 6.45) is 7.02. The van der Waals surface area contributed by atoms with Gasteiger partial charge in [-0.15, -0.1) is 12.3 Å². The molecule has 0 bridgehead atoms. The van der Waals surface area contributed by atoms with Gasteiger partial charge in [0.1, 0.15) is 0 Å². The van der Waals surface area contributed by atoms with Gasteiger partial charge in [0.15, 0.2) is 11.5 Å². The van der Waals surface area contributed by atoms with Crippen molar-refractivity contribution < 1.29 is 9.84 Å². The van der Waals surface area contributed by atoms with E-state index in [0.717, 1.165) is 24.9 Å². The summed E-state index contributed by atoms with van der Waals surface area (Å²) in [6, 6.07) is 5.66. The summed E-state index contributed by atoms with van der Waals surface area (Å²) in [7, 11) is 1.54. The first-order valence-corrected chi connectivity index (χ1v) is 5.74. The van der Waals surface area contributed by atoms with Gasteiger partial charge in [-0.2, -0.15) is 0 Å². The van der Waals surface area contributed by atoms with E-state index in [-0.39, 0.29) is 5.75 Å². The number of terminal acetylenes is 1. The van der Waals surface area contributed by atoms with Crippen molar-refractivity contribution in [2.45, 2.75) is 32.4 Å². The quantitative estimate of drug-likeness (QED) is 0.741. The Labute approximate surface area is 103 Å². The Hall–Kier alpha value is -1.66. The Morgan fingerprint density at radius 3 is 2.88 bits per heavy atom. The fourth-order valence-corrected chi connectivity index (χ4v) is 1.60. The molecule has 3 heteroatoms. The average molecular weight is 233 g/mol. The van der Waals surface area contributed by atoms with Gasteiger partial charge in [0.05, 0.1) is 7.11 Å². The average Bonchev–Trinajstić information content (AvgIpc) is 2.36. The molecule has 1 unspecified atom stereocenters. The summed E-state index contributed by atoms with van der Waals surface area (Å²) >= 11 is 0. The number of hydrogen-bond donors (Lipinski definition) is 2. The highest BCUT2D eigenvalue weighted by Crippen LogP contribution is 2.26. The van der Waals surface area contributed by atoms with E-state index < -0.39 is 0 Å². The molecule has 1 atom stereocenters. The molecule has 1 rings (SSSR count). The molecule has 1 aromatic rings. The van der Waals surface area contributed by atoms with Crippen molar-refractivity contribution in [3.8, 4) is 23.8 Å². The highest BCUT2D eigenvalue weighted by Gasteiger charge is 2.06. The number of phenolic OH excluding ortho intramolecular Hbond substituents is 1. The Bertz CT molecular complexity index is 396. The van der Waals surface area contributed by atoms with E-state index in [1.54, 1.807) is 13.2 Å². The molecule has 2 N–H and O–H groups in total. The van der Waals surface area contributed by atoms with E-state index in [9.17, 15) is 5.11 Å². The van der Waals surface area contributed by atoms with Crippen molar-refractivity contribution in [1.82, 2.24) is 5.32 Å². The van der Waals surface area contributed by atoms with Crippen molar-refractivity contribution in [3.63, 3.8) is 0 Å². The molecule has 0 aliphatic rings. The predicted molar refractivity (Wildman–Crippen MR) is 69.0 cm³/mol. The topological polar surface area (TPSA) is 41.5 Å². The van der Waals surface area contributed by atoms with Gasteiger partial charge in [-0.3, -0.25) is 0 Å². The van der Waals surface area contributed by atoms with E-state index in [1.165, 1.54) is 0 Å². The Morgan fingerprint density at radius 2 is 2.29 bits per heavy atom. The van der Waals surface area contributed by atoms with Crippen LogP contribution in [0.25, 0.3) is 0 Å². The number of ether oxygens (including phenoxy) is 1. The first kappa shape index (κ1) is 13.4. The highest BCUT2D eigenvalue weighted by molar-refractivity contribution is 5.41. The minimum absolute atomic E-state index is 0.159. The largest absolute Gasteiger partial charge is 0.504 e. The molecule has 0 aromatic heterocycles. The molecular formula is C14H19NO2. The second-order valence-corrected chi connectivity index (χ2v) is 3.90. The first-order valence-electron chi connectivity index (χ1n) is 5.74. The molecule has 0 spiro atoms. The van der Waals surface area contributed by atoms with Gasteiger partial charge in [0, 0.05) is 19.0 Å². The minimum atomic E-state index is 0.159. The van der Waals surface area contributed by atoms with Crippen LogP contribution >= 0.6 is 0 Å². The lowest BCUT2D eigenvalue weighted by Gasteiger charge is -2.14. The number of methoxy groups -OCH3 is 1. The Kier molecular flexibility index (Phi) is 5.38. The summed E-state index contributed by atoms with van der Waals surface area (Å²) in [6.45, 7) is 2.82. The van der Waals surface area contributed by atoms with Crippen LogP contribution in [0, 0.1) is 12.3 Å². The molecule has 1 aromatic carbocycles. The van der Waals surface area contributed by atoms with Crippen LogP contribution in [0.2, 0.25) is 0 Å². The normalized spacial score (nSPS) is 11.8. The number of hydrogen-bond acceptors (Lipinski definition) is 3. The Morgan fingerprint density at radius 1 is 1.53 bits per heavy atom. The van der Waals surface area contributed by atoms with E-state index in [2.05, 4.69) is 18.2 Å². The van der Waals surface area contributed by atoms with Gasteiger partial charge in [0.2, 0.25) is 0 Å². The SMILES string of the molecule is C#CCC(CC)NCc1ccc(O)c(OC)c1. The zero-order valence-electron chi connectivity index (χ0n) is 10.4. The van der Waals surface area contributed by atoms with Crippen LogP contribution in [0.15, 0.2) is 18.2 Å². The van der Waals surface area contributed by atoms with Crippen LogP contribution in [0.4, 0.5) is 0 Å². The third-order valence-corrected chi connectivity index (χ3v) is 2.70. The molecule has 0 aliphatic carbocycles. The lowest BCUT2D eigenvalue weighted by atomic mass is 10.1. The number of rotatable bonds is 6. The van der Waals surface area contributed by atoms with Gasteiger partial charge in [0.25, 0.3) is 0 Å². The summed E-state index contributed by atoms with van der Waals surface area (Å²) in [5.41, 5.74) is 1.06. The maximum Gasteiger partial charge on any atom is 0.160 e. The molecule has 0 saturated heterocycles. The molecule has 0 saturated carbocycles. The van der Waals surface area contributed by atoms with Crippen molar-refractivity contribution in [2.75, 3.05) is 7.11 Å². The molecule has 17 heavy (non-hydrogen) atoms.